The number of H-pyrrole nitrogens is 1. The van der Waals surface area contributed by atoms with E-state index in [0.29, 0.717) is 17.0 Å². The van der Waals surface area contributed by atoms with E-state index in [1.165, 1.54) is 48.5 Å². The molecule has 2 aromatic heterocycles. The summed E-state index contributed by atoms with van der Waals surface area (Å²) in [5.41, 5.74) is 4.20. The summed E-state index contributed by atoms with van der Waals surface area (Å²) in [6.45, 7) is 2.04. The Morgan fingerprint density at radius 1 is 1.24 bits per heavy atom. The average molecular weight is 462 g/mol. The molecule has 166 valence electrons. The average Bonchev–Trinajstić information content (AvgIpc) is 3.54. The van der Waals surface area contributed by atoms with Crippen molar-refractivity contribution in [2.45, 2.75) is 24.8 Å². The van der Waals surface area contributed by atoms with Crippen molar-refractivity contribution >= 4 is 34.3 Å². The molecule has 0 atom stereocenters. The van der Waals surface area contributed by atoms with Gasteiger partial charge in [0.1, 0.15) is 11.5 Å². The third kappa shape index (κ3) is 3.39. The second-order valence-corrected chi connectivity index (χ2v) is 9.44. The fourth-order valence-electron chi connectivity index (χ4n) is 4.99. The first-order valence-corrected chi connectivity index (χ1v) is 11.2. The predicted molar refractivity (Wildman–Crippen MR) is 128 cm³/mol. The zero-order valence-electron chi connectivity index (χ0n) is 18.0. The van der Waals surface area contributed by atoms with Gasteiger partial charge in [-0.3, -0.25) is 4.79 Å². The van der Waals surface area contributed by atoms with Crippen molar-refractivity contribution in [3.63, 3.8) is 0 Å². The molecule has 2 N–H and O–H groups in total. The summed E-state index contributed by atoms with van der Waals surface area (Å²) in [6, 6.07) is 10.8. The second-order valence-electron chi connectivity index (χ2n) is 9.03. The van der Waals surface area contributed by atoms with Crippen LogP contribution in [0, 0.1) is 5.82 Å². The van der Waals surface area contributed by atoms with E-state index in [9.17, 15) is 9.18 Å². The van der Waals surface area contributed by atoms with E-state index < -0.39 is 5.82 Å². The van der Waals surface area contributed by atoms with Gasteiger partial charge in [-0.05, 0) is 55.3 Å². The van der Waals surface area contributed by atoms with Crippen LogP contribution in [0.3, 0.4) is 0 Å². The maximum Gasteiger partial charge on any atom is 0.229 e. The Bertz CT molecular complexity index is 1460. The molecule has 2 aromatic carbocycles. The van der Waals surface area contributed by atoms with Gasteiger partial charge in [0.05, 0.1) is 16.0 Å². The first-order chi connectivity index (χ1) is 15.9. The molecular weight excluding hydrogens is 441 g/mol. The van der Waals surface area contributed by atoms with Gasteiger partial charge >= 0.3 is 0 Å². The highest BCUT2D eigenvalue weighted by Gasteiger charge is 2.48. The summed E-state index contributed by atoms with van der Waals surface area (Å²) in [6.07, 6.45) is 5.39. The lowest BCUT2D eigenvalue weighted by Crippen LogP contribution is -2.35. The fourth-order valence-corrected chi connectivity index (χ4v) is 5.25. The number of fused-ring (bicyclic) bond motifs is 3. The Kier molecular flexibility index (Phi) is 4.54. The molecule has 1 aliphatic heterocycles. The van der Waals surface area contributed by atoms with Gasteiger partial charge in [0.15, 0.2) is 0 Å². The van der Waals surface area contributed by atoms with E-state index in [2.05, 4.69) is 50.4 Å². The standard InChI is InChI=1S/C25H21ClFN5O/c1-32-12-14-9-15(5-6-18(14)25(13-32)7-8-25)30-24-29-11-17-22(33)16(10-28-23(17)31-24)21-19(26)3-2-4-20(21)27/h2-6,9-11H,7-8,12-13H2,1H3,(H2,28,29,30,31,33). The first-order valence-electron chi connectivity index (χ1n) is 10.9. The lowest BCUT2D eigenvalue weighted by atomic mass is 9.87. The number of aromatic amines is 1. The van der Waals surface area contributed by atoms with Gasteiger partial charge in [0, 0.05) is 42.1 Å². The molecule has 33 heavy (non-hydrogen) atoms. The van der Waals surface area contributed by atoms with Crippen LogP contribution in [0.1, 0.15) is 24.0 Å². The van der Waals surface area contributed by atoms with Gasteiger partial charge in [-0.25, -0.2) is 9.37 Å². The summed E-state index contributed by atoms with van der Waals surface area (Å²) in [7, 11) is 2.16. The fraction of sp³-hybridized carbons (Fsp3) is 0.240. The summed E-state index contributed by atoms with van der Waals surface area (Å²) in [5, 5.41) is 3.68. The predicted octanol–water partition coefficient (Wildman–Crippen LogP) is 5.00. The van der Waals surface area contributed by atoms with Crippen LogP contribution in [0.2, 0.25) is 5.02 Å². The second kappa shape index (κ2) is 7.37. The number of pyridine rings is 1. The van der Waals surface area contributed by atoms with Crippen molar-refractivity contribution in [2.24, 2.45) is 0 Å². The largest absolute Gasteiger partial charge is 0.345 e. The molecule has 0 bridgehead atoms. The zero-order chi connectivity index (χ0) is 22.7. The van der Waals surface area contributed by atoms with E-state index in [-0.39, 0.29) is 27.0 Å². The van der Waals surface area contributed by atoms with Crippen LogP contribution in [0.25, 0.3) is 22.2 Å². The number of hydrogen-bond acceptors (Lipinski definition) is 5. The number of benzene rings is 2. The third-order valence-electron chi connectivity index (χ3n) is 6.66. The molecule has 4 aromatic rings. The lowest BCUT2D eigenvalue weighted by Gasteiger charge is -2.32. The van der Waals surface area contributed by atoms with E-state index in [4.69, 9.17) is 11.6 Å². The van der Waals surface area contributed by atoms with Gasteiger partial charge in [-0.1, -0.05) is 23.7 Å². The lowest BCUT2D eigenvalue weighted by molar-refractivity contribution is 0.271. The number of rotatable bonds is 3. The summed E-state index contributed by atoms with van der Waals surface area (Å²) in [5.74, 6) is -0.183. The SMILES string of the molecule is CN1Cc2cc(Nc3ncc4c(=O)c(-c5c(F)cccc5Cl)c[nH]c4n3)ccc2C2(CC2)C1. The van der Waals surface area contributed by atoms with Gasteiger partial charge in [0.25, 0.3) is 0 Å². The molecule has 1 fully saturated rings. The van der Waals surface area contributed by atoms with Crippen molar-refractivity contribution in [1.82, 2.24) is 19.9 Å². The maximum atomic E-state index is 14.3. The quantitative estimate of drug-likeness (QED) is 0.449. The Labute approximate surface area is 194 Å². The van der Waals surface area contributed by atoms with Crippen LogP contribution in [-0.4, -0.2) is 33.4 Å². The highest BCUT2D eigenvalue weighted by Crippen LogP contribution is 2.52. The molecular formula is C25H21ClFN5O. The molecule has 8 heteroatoms. The smallest absolute Gasteiger partial charge is 0.229 e. The van der Waals surface area contributed by atoms with E-state index >= 15 is 0 Å². The molecule has 2 aliphatic rings. The number of nitrogens with zero attached hydrogens (tertiary/aromatic N) is 3. The van der Waals surface area contributed by atoms with E-state index in [1.54, 1.807) is 6.07 Å². The van der Waals surface area contributed by atoms with Gasteiger partial charge in [0.2, 0.25) is 11.4 Å². The molecule has 0 saturated heterocycles. The number of aromatic nitrogens is 3. The minimum atomic E-state index is -0.558. The molecule has 1 spiro atoms. The van der Waals surface area contributed by atoms with Crippen molar-refractivity contribution in [3.8, 4) is 11.1 Å². The monoisotopic (exact) mass is 461 g/mol. The Balaban J connectivity index is 1.34. The summed E-state index contributed by atoms with van der Waals surface area (Å²) < 4.78 is 14.3. The molecule has 1 aliphatic carbocycles. The number of likely N-dealkylation sites (N-methyl/N-ethyl adjacent to an activating group) is 1. The molecule has 6 nitrogen and oxygen atoms in total. The highest BCUT2D eigenvalue weighted by atomic mass is 35.5. The molecule has 1 saturated carbocycles. The number of nitrogens with one attached hydrogen (secondary N) is 2. The van der Waals surface area contributed by atoms with E-state index in [1.807, 2.05) is 0 Å². The number of halogens is 2. The van der Waals surface area contributed by atoms with Gasteiger partial charge < -0.3 is 15.2 Å². The topological polar surface area (TPSA) is 73.9 Å². The molecule has 0 amide bonds. The van der Waals surface area contributed by atoms with Crippen molar-refractivity contribution in [1.29, 1.82) is 0 Å². The minimum Gasteiger partial charge on any atom is -0.345 e. The van der Waals surface area contributed by atoms with Crippen molar-refractivity contribution in [3.05, 3.63) is 81.0 Å². The highest BCUT2D eigenvalue weighted by molar-refractivity contribution is 6.33. The van der Waals surface area contributed by atoms with Crippen LogP contribution in [0.15, 0.2) is 53.6 Å². The molecule has 0 radical (unpaired) electrons. The molecule has 6 rings (SSSR count). The minimum absolute atomic E-state index is 0.0666. The Morgan fingerprint density at radius 3 is 2.88 bits per heavy atom. The number of anilines is 2. The third-order valence-corrected chi connectivity index (χ3v) is 6.98. The van der Waals surface area contributed by atoms with Crippen LogP contribution < -0.4 is 10.7 Å². The first kappa shape index (κ1) is 20.3. The van der Waals surface area contributed by atoms with Crippen molar-refractivity contribution in [2.75, 3.05) is 18.9 Å². The zero-order valence-corrected chi connectivity index (χ0v) is 18.7. The number of hydrogen-bond donors (Lipinski definition) is 2. The maximum absolute atomic E-state index is 14.3. The van der Waals surface area contributed by atoms with Crippen LogP contribution in [0.5, 0.6) is 0 Å². The van der Waals surface area contributed by atoms with Crippen molar-refractivity contribution < 1.29 is 4.39 Å². The van der Waals surface area contributed by atoms with Crippen LogP contribution >= 0.6 is 11.6 Å². The Morgan fingerprint density at radius 2 is 2.09 bits per heavy atom. The van der Waals surface area contributed by atoms with Crippen LogP contribution in [-0.2, 0) is 12.0 Å². The Hall–Kier alpha value is -3.29. The van der Waals surface area contributed by atoms with Crippen LogP contribution in [0.4, 0.5) is 16.0 Å². The van der Waals surface area contributed by atoms with Gasteiger partial charge in [-0.15, -0.1) is 0 Å². The molecule has 3 heterocycles. The summed E-state index contributed by atoms with van der Waals surface area (Å²) >= 11 is 6.15. The van der Waals surface area contributed by atoms with E-state index in [0.717, 1.165) is 18.8 Å². The molecule has 0 unspecified atom stereocenters. The normalized spacial score (nSPS) is 16.7. The summed E-state index contributed by atoms with van der Waals surface area (Å²) in [4.78, 5) is 27.2. The van der Waals surface area contributed by atoms with Gasteiger partial charge in [-0.2, -0.15) is 4.98 Å².